The summed E-state index contributed by atoms with van der Waals surface area (Å²) in [6, 6.07) is 5.54. The Morgan fingerprint density at radius 2 is 2.13 bits per heavy atom. The van der Waals surface area contributed by atoms with Crippen LogP contribution in [0.1, 0.15) is 22.8 Å². The van der Waals surface area contributed by atoms with Crippen LogP contribution in [-0.4, -0.2) is 29.6 Å². The van der Waals surface area contributed by atoms with Gasteiger partial charge in [0.15, 0.2) is 0 Å². The maximum atomic E-state index is 13.9. The molecule has 23 heavy (non-hydrogen) atoms. The van der Waals surface area contributed by atoms with Gasteiger partial charge in [-0.2, -0.15) is 23.1 Å². The molecule has 2 nitrogen and oxygen atoms in total. The summed E-state index contributed by atoms with van der Waals surface area (Å²) in [5.41, 5.74) is 1.44. The molecule has 0 radical (unpaired) electrons. The Balaban J connectivity index is 1.65. The van der Waals surface area contributed by atoms with Crippen molar-refractivity contribution in [2.45, 2.75) is 18.1 Å². The second kappa shape index (κ2) is 7.45. The quantitative estimate of drug-likeness (QED) is 0.821. The monoisotopic (exact) mass is 353 g/mol. The molecule has 1 aromatic heterocycles. The van der Waals surface area contributed by atoms with Gasteiger partial charge in [-0.05, 0) is 47.0 Å². The molecule has 1 unspecified atom stereocenters. The first-order valence-electron chi connectivity index (χ1n) is 7.49. The third-order valence-corrected chi connectivity index (χ3v) is 5.98. The second-order valence-corrected chi connectivity index (χ2v) is 7.59. The molecule has 3 rings (SSSR count). The fourth-order valence-corrected chi connectivity index (χ4v) is 4.62. The van der Waals surface area contributed by atoms with Crippen LogP contribution >= 0.6 is 23.1 Å². The molecule has 0 aliphatic carbocycles. The third kappa shape index (κ3) is 4.12. The van der Waals surface area contributed by atoms with Crippen molar-refractivity contribution in [3.05, 3.63) is 57.8 Å². The average molecular weight is 353 g/mol. The number of thioether (sulfide) groups is 1. The summed E-state index contributed by atoms with van der Waals surface area (Å²) in [4.78, 5) is 14.2. The number of amides is 1. The maximum absolute atomic E-state index is 13.9. The van der Waals surface area contributed by atoms with E-state index in [4.69, 9.17) is 0 Å². The van der Waals surface area contributed by atoms with E-state index >= 15 is 0 Å². The van der Waals surface area contributed by atoms with Gasteiger partial charge in [-0.15, -0.1) is 0 Å². The summed E-state index contributed by atoms with van der Waals surface area (Å²) in [6.07, 6.45) is 1.05. The average Bonchev–Trinajstić information content (AvgIpc) is 2.91. The first-order valence-corrected chi connectivity index (χ1v) is 9.48. The number of halogens is 2. The molecular formula is C17H17F2NOS2. The van der Waals surface area contributed by atoms with Gasteiger partial charge in [0.25, 0.3) is 0 Å². The molecule has 1 saturated heterocycles. The van der Waals surface area contributed by atoms with E-state index in [9.17, 15) is 13.6 Å². The lowest BCUT2D eigenvalue weighted by Gasteiger charge is -2.20. The van der Waals surface area contributed by atoms with Gasteiger partial charge >= 0.3 is 0 Å². The van der Waals surface area contributed by atoms with Gasteiger partial charge in [0, 0.05) is 29.7 Å². The molecule has 1 aromatic carbocycles. The van der Waals surface area contributed by atoms with Crippen molar-refractivity contribution in [3.63, 3.8) is 0 Å². The van der Waals surface area contributed by atoms with Crippen molar-refractivity contribution in [1.29, 1.82) is 0 Å². The normalized spacial score (nSPS) is 18.7. The van der Waals surface area contributed by atoms with Gasteiger partial charge in [0.1, 0.15) is 11.6 Å². The topological polar surface area (TPSA) is 20.3 Å². The minimum atomic E-state index is -0.420. The van der Waals surface area contributed by atoms with E-state index in [1.165, 1.54) is 12.1 Å². The Hall–Kier alpha value is -1.40. The van der Waals surface area contributed by atoms with Gasteiger partial charge < -0.3 is 4.90 Å². The van der Waals surface area contributed by atoms with Crippen molar-refractivity contribution >= 4 is 29.0 Å². The number of rotatable bonds is 3. The van der Waals surface area contributed by atoms with E-state index in [2.05, 4.69) is 0 Å². The van der Waals surface area contributed by atoms with Crippen LogP contribution in [0.25, 0.3) is 0 Å². The summed E-state index contributed by atoms with van der Waals surface area (Å²) >= 11 is 3.17. The van der Waals surface area contributed by atoms with Gasteiger partial charge in [-0.1, -0.05) is 0 Å². The first-order chi connectivity index (χ1) is 11.1. The Kier molecular flexibility index (Phi) is 5.33. The zero-order chi connectivity index (χ0) is 16.2. The van der Waals surface area contributed by atoms with Crippen LogP contribution in [-0.2, 0) is 11.2 Å². The second-order valence-electron chi connectivity index (χ2n) is 5.50. The fraction of sp³-hybridized carbons (Fsp3) is 0.353. The summed E-state index contributed by atoms with van der Waals surface area (Å²) in [5.74, 6) is 0.0404. The molecule has 1 amide bonds. The summed E-state index contributed by atoms with van der Waals surface area (Å²) in [5, 5.41) is 3.84. The van der Waals surface area contributed by atoms with Crippen molar-refractivity contribution in [2.24, 2.45) is 0 Å². The molecule has 1 aliphatic heterocycles. The van der Waals surface area contributed by atoms with Crippen molar-refractivity contribution in [1.82, 2.24) is 4.90 Å². The standard InChI is InChI=1S/C17H17F2NOS2/c18-13-1-2-15(19)14(10-13)16-3-5-20(6-8-23-16)17(21)9-12-4-7-22-11-12/h1-2,4,7,10-11,16H,3,5-6,8-9H2. The number of hydrogen-bond acceptors (Lipinski definition) is 3. The molecule has 2 heterocycles. The van der Waals surface area contributed by atoms with Crippen LogP contribution in [0.15, 0.2) is 35.0 Å². The summed E-state index contributed by atoms with van der Waals surface area (Å²) in [6.45, 7) is 1.23. The zero-order valence-corrected chi connectivity index (χ0v) is 14.1. The lowest BCUT2D eigenvalue weighted by molar-refractivity contribution is -0.130. The van der Waals surface area contributed by atoms with E-state index in [0.29, 0.717) is 31.5 Å². The van der Waals surface area contributed by atoms with Gasteiger partial charge in [0.05, 0.1) is 6.42 Å². The van der Waals surface area contributed by atoms with E-state index in [1.54, 1.807) is 23.1 Å². The molecule has 2 aromatic rings. The highest BCUT2D eigenvalue weighted by molar-refractivity contribution is 7.99. The minimum Gasteiger partial charge on any atom is -0.342 e. The van der Waals surface area contributed by atoms with Crippen LogP contribution in [0, 0.1) is 11.6 Å². The van der Waals surface area contributed by atoms with Gasteiger partial charge in [0.2, 0.25) is 5.91 Å². The lowest BCUT2D eigenvalue weighted by atomic mass is 10.1. The number of nitrogens with zero attached hydrogens (tertiary/aromatic N) is 1. The fourth-order valence-electron chi connectivity index (χ4n) is 2.71. The molecule has 6 heteroatoms. The Morgan fingerprint density at radius 3 is 2.91 bits per heavy atom. The first kappa shape index (κ1) is 16.5. The van der Waals surface area contributed by atoms with Crippen molar-refractivity contribution in [2.75, 3.05) is 18.8 Å². The van der Waals surface area contributed by atoms with Crippen LogP contribution < -0.4 is 0 Å². The molecule has 0 spiro atoms. The summed E-state index contributed by atoms with van der Waals surface area (Å²) < 4.78 is 27.3. The Bertz CT molecular complexity index is 675. The third-order valence-electron chi connectivity index (χ3n) is 3.93. The Morgan fingerprint density at radius 1 is 1.26 bits per heavy atom. The van der Waals surface area contributed by atoms with E-state index in [0.717, 1.165) is 17.4 Å². The number of hydrogen-bond donors (Lipinski definition) is 0. The van der Waals surface area contributed by atoms with Crippen molar-refractivity contribution < 1.29 is 13.6 Å². The van der Waals surface area contributed by atoms with E-state index in [1.807, 2.05) is 21.7 Å². The molecule has 0 N–H and O–H groups in total. The molecule has 0 saturated carbocycles. The van der Waals surface area contributed by atoms with Crippen molar-refractivity contribution in [3.8, 4) is 0 Å². The molecule has 122 valence electrons. The zero-order valence-electron chi connectivity index (χ0n) is 12.5. The van der Waals surface area contributed by atoms with Crippen LogP contribution in [0.2, 0.25) is 0 Å². The van der Waals surface area contributed by atoms with E-state index in [-0.39, 0.29) is 17.0 Å². The van der Waals surface area contributed by atoms with E-state index < -0.39 is 5.82 Å². The van der Waals surface area contributed by atoms with Crippen LogP contribution in [0.4, 0.5) is 8.78 Å². The molecule has 1 atom stereocenters. The number of carbonyl (C=O) groups excluding carboxylic acids is 1. The summed E-state index contributed by atoms with van der Waals surface area (Å²) in [7, 11) is 0. The van der Waals surface area contributed by atoms with Crippen LogP contribution in [0.3, 0.4) is 0 Å². The highest BCUT2D eigenvalue weighted by atomic mass is 32.2. The lowest BCUT2D eigenvalue weighted by Crippen LogP contribution is -2.34. The number of carbonyl (C=O) groups is 1. The SMILES string of the molecule is O=C(Cc1ccsc1)N1CCSC(c2cc(F)ccc2F)CC1. The molecule has 1 aliphatic rings. The molecular weight excluding hydrogens is 336 g/mol. The predicted molar refractivity (Wildman–Crippen MR) is 90.8 cm³/mol. The number of thiophene rings is 1. The number of benzene rings is 1. The van der Waals surface area contributed by atoms with Gasteiger partial charge in [-0.25, -0.2) is 8.78 Å². The largest absolute Gasteiger partial charge is 0.342 e. The predicted octanol–water partition coefficient (Wildman–Crippen LogP) is 4.28. The Labute approximate surface area is 142 Å². The van der Waals surface area contributed by atoms with Gasteiger partial charge in [-0.3, -0.25) is 4.79 Å². The molecule has 0 bridgehead atoms. The highest BCUT2D eigenvalue weighted by Crippen LogP contribution is 2.36. The minimum absolute atomic E-state index is 0.101. The maximum Gasteiger partial charge on any atom is 0.227 e. The van der Waals surface area contributed by atoms with Crippen LogP contribution in [0.5, 0.6) is 0 Å². The smallest absolute Gasteiger partial charge is 0.227 e. The highest BCUT2D eigenvalue weighted by Gasteiger charge is 2.24. The molecule has 1 fully saturated rings.